The van der Waals surface area contributed by atoms with Crippen molar-refractivity contribution >= 4 is 0 Å². The lowest BCUT2D eigenvalue weighted by Crippen LogP contribution is -2.19. The summed E-state index contributed by atoms with van der Waals surface area (Å²) >= 11 is 0. The molecule has 1 aliphatic carbocycles. The number of unbranched alkanes of at least 4 members (excludes halogenated alkanes) is 2. The van der Waals surface area contributed by atoms with E-state index in [1.807, 2.05) is 6.07 Å². The van der Waals surface area contributed by atoms with Gasteiger partial charge < -0.3 is 9.47 Å². The molecule has 2 nitrogen and oxygen atoms in total. The molecule has 2 rings (SSSR count). The molecule has 116 valence electrons. The van der Waals surface area contributed by atoms with E-state index in [2.05, 4.69) is 31.2 Å². The van der Waals surface area contributed by atoms with Crippen molar-refractivity contribution in [1.82, 2.24) is 0 Å². The second kappa shape index (κ2) is 7.53. The lowest BCUT2D eigenvalue weighted by atomic mass is 9.78. The minimum Gasteiger partial charge on any atom is -0.497 e. The van der Waals surface area contributed by atoms with E-state index < -0.39 is 0 Å². The Bertz CT molecular complexity index is 448. The number of allylic oxidation sites excluding steroid dienone is 2. The van der Waals surface area contributed by atoms with Gasteiger partial charge in [-0.2, -0.15) is 0 Å². The molecule has 0 bridgehead atoms. The average molecular weight is 288 g/mol. The van der Waals surface area contributed by atoms with Crippen LogP contribution in [0.1, 0.15) is 57.4 Å². The highest BCUT2D eigenvalue weighted by molar-refractivity contribution is 5.44. The van der Waals surface area contributed by atoms with Crippen LogP contribution in [0.25, 0.3) is 0 Å². The second-order valence-corrected chi connectivity index (χ2v) is 6.01. The number of rotatable bonds is 7. The van der Waals surface area contributed by atoms with Crippen LogP contribution in [-0.4, -0.2) is 14.2 Å². The highest BCUT2D eigenvalue weighted by Crippen LogP contribution is 2.44. The Morgan fingerprint density at radius 1 is 1.05 bits per heavy atom. The molecule has 0 heterocycles. The largest absolute Gasteiger partial charge is 0.497 e. The Hall–Kier alpha value is -1.44. The number of hydrogen-bond acceptors (Lipinski definition) is 2. The van der Waals surface area contributed by atoms with Gasteiger partial charge in [-0.05, 0) is 37.0 Å². The highest BCUT2D eigenvalue weighted by Gasteiger charge is 2.33. The molecule has 1 aliphatic rings. The van der Waals surface area contributed by atoms with Gasteiger partial charge in [0.2, 0.25) is 0 Å². The summed E-state index contributed by atoms with van der Waals surface area (Å²) in [6, 6.07) is 6.31. The van der Waals surface area contributed by atoms with Crippen molar-refractivity contribution in [3.63, 3.8) is 0 Å². The van der Waals surface area contributed by atoms with Gasteiger partial charge in [-0.1, -0.05) is 44.8 Å². The topological polar surface area (TPSA) is 18.5 Å². The number of ether oxygens (including phenoxy) is 2. The summed E-state index contributed by atoms with van der Waals surface area (Å²) in [5, 5.41) is 0. The fraction of sp³-hybridized carbons (Fsp3) is 0.579. The Balaban J connectivity index is 2.31. The van der Waals surface area contributed by atoms with E-state index in [1.54, 1.807) is 14.2 Å². The first-order valence-corrected chi connectivity index (χ1v) is 8.15. The van der Waals surface area contributed by atoms with E-state index in [-0.39, 0.29) is 5.41 Å². The van der Waals surface area contributed by atoms with Gasteiger partial charge in [-0.15, -0.1) is 0 Å². The third-order valence-corrected chi connectivity index (χ3v) is 4.58. The first-order valence-electron chi connectivity index (χ1n) is 8.15. The van der Waals surface area contributed by atoms with Crippen molar-refractivity contribution in [1.29, 1.82) is 0 Å². The second-order valence-electron chi connectivity index (χ2n) is 6.01. The Kier molecular flexibility index (Phi) is 5.72. The minimum atomic E-state index is 0.176. The van der Waals surface area contributed by atoms with Crippen molar-refractivity contribution in [3.05, 3.63) is 35.9 Å². The molecule has 0 spiro atoms. The van der Waals surface area contributed by atoms with Crippen molar-refractivity contribution in [3.8, 4) is 11.5 Å². The quantitative estimate of drug-likeness (QED) is 0.503. The Morgan fingerprint density at radius 3 is 2.19 bits per heavy atom. The maximum atomic E-state index is 5.44. The van der Waals surface area contributed by atoms with Gasteiger partial charge in [0.15, 0.2) is 0 Å². The first-order chi connectivity index (χ1) is 10.2. The van der Waals surface area contributed by atoms with Crippen molar-refractivity contribution in [2.24, 2.45) is 0 Å². The molecule has 0 radical (unpaired) electrons. The van der Waals surface area contributed by atoms with Crippen LogP contribution in [0.5, 0.6) is 11.5 Å². The van der Waals surface area contributed by atoms with Crippen LogP contribution in [0, 0.1) is 0 Å². The maximum absolute atomic E-state index is 5.44. The summed E-state index contributed by atoms with van der Waals surface area (Å²) in [7, 11) is 3.44. The summed E-state index contributed by atoms with van der Waals surface area (Å²) in [5.41, 5.74) is 1.51. The SMILES string of the molecule is CCCC/C=C/C1(c2cc(OC)cc(OC)c2)CCCC1. The average Bonchev–Trinajstić information content (AvgIpc) is 3.01. The molecule has 0 aliphatic heterocycles. The standard InChI is InChI=1S/C19H28O2/c1-4-5-6-7-10-19(11-8-9-12-19)16-13-17(20-2)15-18(14-16)21-3/h7,10,13-15H,4-6,8-9,11-12H2,1-3H3/b10-7+. The summed E-state index contributed by atoms with van der Waals surface area (Å²) in [5.74, 6) is 1.77. The lowest BCUT2D eigenvalue weighted by Gasteiger charge is -2.27. The van der Waals surface area contributed by atoms with E-state index in [0.29, 0.717) is 0 Å². The molecular weight excluding hydrogens is 260 g/mol. The zero-order chi connectivity index (χ0) is 15.1. The molecule has 1 aromatic rings. The van der Waals surface area contributed by atoms with Gasteiger partial charge in [0.25, 0.3) is 0 Å². The fourth-order valence-electron chi connectivity index (χ4n) is 3.28. The van der Waals surface area contributed by atoms with E-state index in [0.717, 1.165) is 11.5 Å². The smallest absolute Gasteiger partial charge is 0.122 e. The Morgan fingerprint density at radius 2 is 1.67 bits per heavy atom. The maximum Gasteiger partial charge on any atom is 0.122 e. The summed E-state index contributed by atoms with van der Waals surface area (Å²) < 4.78 is 10.9. The van der Waals surface area contributed by atoms with Gasteiger partial charge in [-0.25, -0.2) is 0 Å². The van der Waals surface area contributed by atoms with Crippen LogP contribution in [0.2, 0.25) is 0 Å². The van der Waals surface area contributed by atoms with Gasteiger partial charge in [0, 0.05) is 11.5 Å². The minimum absolute atomic E-state index is 0.176. The highest BCUT2D eigenvalue weighted by atomic mass is 16.5. The van der Waals surface area contributed by atoms with Gasteiger partial charge in [0.1, 0.15) is 11.5 Å². The molecule has 0 amide bonds. The fourth-order valence-corrected chi connectivity index (χ4v) is 3.28. The van der Waals surface area contributed by atoms with Crippen LogP contribution in [-0.2, 0) is 5.41 Å². The molecule has 0 aromatic heterocycles. The zero-order valence-corrected chi connectivity index (χ0v) is 13.7. The molecule has 0 atom stereocenters. The molecule has 0 saturated heterocycles. The molecular formula is C19H28O2. The van der Waals surface area contributed by atoms with Gasteiger partial charge >= 0.3 is 0 Å². The monoisotopic (exact) mass is 288 g/mol. The van der Waals surface area contributed by atoms with Crippen LogP contribution >= 0.6 is 0 Å². The predicted octanol–water partition coefficient (Wildman–Crippen LogP) is 5.26. The lowest BCUT2D eigenvalue weighted by molar-refractivity contribution is 0.390. The van der Waals surface area contributed by atoms with E-state index in [4.69, 9.17) is 9.47 Å². The first kappa shape index (κ1) is 15.9. The predicted molar refractivity (Wildman–Crippen MR) is 88.4 cm³/mol. The summed E-state index contributed by atoms with van der Waals surface area (Å²) in [6.45, 7) is 2.24. The van der Waals surface area contributed by atoms with Crippen molar-refractivity contribution < 1.29 is 9.47 Å². The van der Waals surface area contributed by atoms with E-state index in [9.17, 15) is 0 Å². The third kappa shape index (κ3) is 3.81. The van der Waals surface area contributed by atoms with Gasteiger partial charge in [-0.3, -0.25) is 0 Å². The molecule has 1 fully saturated rings. The van der Waals surface area contributed by atoms with Crippen molar-refractivity contribution in [2.75, 3.05) is 14.2 Å². The molecule has 0 N–H and O–H groups in total. The summed E-state index contributed by atoms with van der Waals surface area (Å²) in [6.07, 6.45) is 13.6. The van der Waals surface area contributed by atoms with Crippen LogP contribution in [0.4, 0.5) is 0 Å². The van der Waals surface area contributed by atoms with Gasteiger partial charge in [0.05, 0.1) is 14.2 Å². The van der Waals surface area contributed by atoms with Crippen LogP contribution in [0.3, 0.4) is 0 Å². The van der Waals surface area contributed by atoms with Crippen molar-refractivity contribution in [2.45, 2.75) is 57.3 Å². The number of benzene rings is 1. The third-order valence-electron chi connectivity index (χ3n) is 4.58. The van der Waals surface area contributed by atoms with E-state index in [1.165, 1.54) is 50.5 Å². The molecule has 2 heteroatoms. The summed E-state index contributed by atoms with van der Waals surface area (Å²) in [4.78, 5) is 0. The number of methoxy groups -OCH3 is 2. The molecule has 1 aromatic carbocycles. The molecule has 1 saturated carbocycles. The zero-order valence-electron chi connectivity index (χ0n) is 13.7. The van der Waals surface area contributed by atoms with Crippen LogP contribution < -0.4 is 9.47 Å². The molecule has 0 unspecified atom stereocenters. The normalized spacial score (nSPS) is 17.3. The Labute approximate surface area is 129 Å². The van der Waals surface area contributed by atoms with Crippen LogP contribution in [0.15, 0.2) is 30.4 Å². The van der Waals surface area contributed by atoms with E-state index >= 15 is 0 Å². The number of hydrogen-bond donors (Lipinski definition) is 0. The molecule has 21 heavy (non-hydrogen) atoms.